The van der Waals surface area contributed by atoms with Crippen molar-refractivity contribution in [3.05, 3.63) is 0 Å². The SMILES string of the molecule is CCCCC(NC(=O)NCC(C)COC)C(=O)O. The average Bonchev–Trinajstić information content (AvgIpc) is 2.32. The fraction of sp³-hybridized carbons (Fsp3) is 0.833. The summed E-state index contributed by atoms with van der Waals surface area (Å²) >= 11 is 0. The molecule has 0 aromatic rings. The Kier molecular flexibility index (Phi) is 9.00. The zero-order valence-corrected chi connectivity index (χ0v) is 11.4. The van der Waals surface area contributed by atoms with Crippen LogP contribution in [0, 0.1) is 5.92 Å². The number of unbranched alkanes of at least 4 members (excludes halogenated alkanes) is 1. The third-order valence-corrected chi connectivity index (χ3v) is 2.51. The van der Waals surface area contributed by atoms with Gasteiger partial charge in [-0.05, 0) is 12.3 Å². The number of ether oxygens (including phenoxy) is 1. The van der Waals surface area contributed by atoms with E-state index in [0.717, 1.165) is 12.8 Å². The fourth-order valence-electron chi connectivity index (χ4n) is 1.49. The van der Waals surface area contributed by atoms with Gasteiger partial charge in [0.2, 0.25) is 0 Å². The molecule has 0 aliphatic heterocycles. The van der Waals surface area contributed by atoms with Crippen molar-refractivity contribution < 1.29 is 19.4 Å². The molecule has 6 heteroatoms. The molecule has 0 rings (SSSR count). The zero-order valence-electron chi connectivity index (χ0n) is 11.4. The van der Waals surface area contributed by atoms with E-state index in [9.17, 15) is 9.59 Å². The molecule has 6 nitrogen and oxygen atoms in total. The van der Waals surface area contributed by atoms with Crippen molar-refractivity contribution in [2.45, 2.75) is 39.2 Å². The van der Waals surface area contributed by atoms with Gasteiger partial charge in [0.05, 0.1) is 6.61 Å². The van der Waals surface area contributed by atoms with Crippen LogP contribution in [0.1, 0.15) is 33.1 Å². The maximum Gasteiger partial charge on any atom is 0.326 e. The lowest BCUT2D eigenvalue weighted by Gasteiger charge is -2.16. The summed E-state index contributed by atoms with van der Waals surface area (Å²) in [6.07, 6.45) is 2.13. The van der Waals surface area contributed by atoms with Crippen molar-refractivity contribution in [2.24, 2.45) is 5.92 Å². The van der Waals surface area contributed by atoms with Gasteiger partial charge in [-0.3, -0.25) is 0 Å². The van der Waals surface area contributed by atoms with E-state index in [1.807, 2.05) is 13.8 Å². The molecule has 106 valence electrons. The van der Waals surface area contributed by atoms with Crippen LogP contribution >= 0.6 is 0 Å². The lowest BCUT2D eigenvalue weighted by atomic mass is 10.1. The predicted molar refractivity (Wildman–Crippen MR) is 68.5 cm³/mol. The van der Waals surface area contributed by atoms with Gasteiger partial charge >= 0.3 is 12.0 Å². The minimum absolute atomic E-state index is 0.194. The Morgan fingerprint density at radius 2 is 2.06 bits per heavy atom. The maximum absolute atomic E-state index is 11.5. The van der Waals surface area contributed by atoms with Gasteiger partial charge in [-0.15, -0.1) is 0 Å². The molecule has 0 saturated heterocycles. The molecule has 0 aromatic carbocycles. The van der Waals surface area contributed by atoms with E-state index in [1.165, 1.54) is 0 Å². The molecule has 0 heterocycles. The first-order chi connectivity index (χ1) is 8.51. The number of carbonyl (C=O) groups excluding carboxylic acids is 1. The molecule has 18 heavy (non-hydrogen) atoms. The van der Waals surface area contributed by atoms with Crippen LogP contribution in [0.4, 0.5) is 4.79 Å². The summed E-state index contributed by atoms with van der Waals surface area (Å²) in [6, 6.07) is -1.26. The number of hydrogen-bond acceptors (Lipinski definition) is 3. The van der Waals surface area contributed by atoms with Crippen LogP contribution in [-0.2, 0) is 9.53 Å². The number of hydrogen-bond donors (Lipinski definition) is 3. The number of aliphatic carboxylic acids is 1. The van der Waals surface area contributed by atoms with Gasteiger partial charge in [0.1, 0.15) is 6.04 Å². The van der Waals surface area contributed by atoms with Gasteiger partial charge in [0.15, 0.2) is 0 Å². The lowest BCUT2D eigenvalue weighted by molar-refractivity contribution is -0.139. The van der Waals surface area contributed by atoms with Gasteiger partial charge in [0, 0.05) is 13.7 Å². The smallest absolute Gasteiger partial charge is 0.326 e. The first kappa shape index (κ1) is 16.7. The first-order valence-electron chi connectivity index (χ1n) is 6.27. The van der Waals surface area contributed by atoms with Crippen molar-refractivity contribution in [2.75, 3.05) is 20.3 Å². The number of nitrogens with one attached hydrogen (secondary N) is 2. The average molecular weight is 260 g/mol. The summed E-state index contributed by atoms with van der Waals surface area (Å²) < 4.78 is 4.94. The fourth-order valence-corrected chi connectivity index (χ4v) is 1.49. The number of carbonyl (C=O) groups is 2. The summed E-state index contributed by atoms with van der Waals surface area (Å²) in [4.78, 5) is 22.4. The highest BCUT2D eigenvalue weighted by Gasteiger charge is 2.19. The van der Waals surface area contributed by atoms with Gasteiger partial charge in [-0.2, -0.15) is 0 Å². The zero-order chi connectivity index (χ0) is 14.0. The number of amides is 2. The molecular weight excluding hydrogens is 236 g/mol. The van der Waals surface area contributed by atoms with E-state index in [2.05, 4.69) is 10.6 Å². The lowest BCUT2D eigenvalue weighted by Crippen LogP contribution is -2.47. The second-order valence-corrected chi connectivity index (χ2v) is 4.45. The topological polar surface area (TPSA) is 87.7 Å². The normalized spacial score (nSPS) is 13.7. The minimum atomic E-state index is -0.997. The van der Waals surface area contributed by atoms with E-state index in [1.54, 1.807) is 7.11 Å². The Balaban J connectivity index is 3.98. The van der Waals surface area contributed by atoms with Crippen molar-refractivity contribution in [1.82, 2.24) is 10.6 Å². The van der Waals surface area contributed by atoms with Crippen LogP contribution in [0.25, 0.3) is 0 Å². The summed E-state index contributed by atoms with van der Waals surface area (Å²) in [5.74, 6) is -0.803. The van der Waals surface area contributed by atoms with E-state index in [-0.39, 0.29) is 5.92 Å². The van der Waals surface area contributed by atoms with Crippen molar-refractivity contribution in [1.29, 1.82) is 0 Å². The molecular formula is C12H24N2O4. The van der Waals surface area contributed by atoms with E-state index >= 15 is 0 Å². The van der Waals surface area contributed by atoms with E-state index in [4.69, 9.17) is 9.84 Å². The van der Waals surface area contributed by atoms with Crippen LogP contribution in [0.15, 0.2) is 0 Å². The van der Waals surface area contributed by atoms with Crippen LogP contribution in [0.5, 0.6) is 0 Å². The Hall–Kier alpha value is -1.30. The largest absolute Gasteiger partial charge is 0.480 e. The second-order valence-electron chi connectivity index (χ2n) is 4.45. The van der Waals surface area contributed by atoms with E-state index in [0.29, 0.717) is 19.6 Å². The van der Waals surface area contributed by atoms with Crippen LogP contribution in [-0.4, -0.2) is 43.4 Å². The third kappa shape index (κ3) is 7.89. The molecule has 0 saturated carbocycles. The van der Waals surface area contributed by atoms with Crippen LogP contribution < -0.4 is 10.6 Å². The highest BCUT2D eigenvalue weighted by Crippen LogP contribution is 2.01. The summed E-state index contributed by atoms with van der Waals surface area (Å²) in [5.41, 5.74) is 0. The van der Waals surface area contributed by atoms with Crippen molar-refractivity contribution in [3.63, 3.8) is 0 Å². The maximum atomic E-state index is 11.5. The monoisotopic (exact) mass is 260 g/mol. The number of carboxylic acids is 1. The number of carboxylic acid groups (broad SMARTS) is 1. The third-order valence-electron chi connectivity index (χ3n) is 2.51. The Morgan fingerprint density at radius 1 is 1.39 bits per heavy atom. The van der Waals surface area contributed by atoms with Crippen LogP contribution in [0.2, 0.25) is 0 Å². The Labute approximate surface area is 108 Å². The van der Waals surface area contributed by atoms with Crippen molar-refractivity contribution in [3.8, 4) is 0 Å². The molecule has 0 aliphatic rings. The first-order valence-corrected chi connectivity index (χ1v) is 6.27. The van der Waals surface area contributed by atoms with Gasteiger partial charge in [-0.1, -0.05) is 26.7 Å². The van der Waals surface area contributed by atoms with Gasteiger partial charge in [0.25, 0.3) is 0 Å². The summed E-state index contributed by atoms with van der Waals surface area (Å²) in [6.45, 7) is 4.93. The van der Waals surface area contributed by atoms with Crippen LogP contribution in [0.3, 0.4) is 0 Å². The highest BCUT2D eigenvalue weighted by atomic mass is 16.5. The van der Waals surface area contributed by atoms with Gasteiger partial charge < -0.3 is 20.5 Å². The van der Waals surface area contributed by atoms with E-state index < -0.39 is 18.0 Å². The number of methoxy groups -OCH3 is 1. The molecule has 0 aliphatic carbocycles. The summed E-state index contributed by atoms with van der Waals surface area (Å²) in [5, 5.41) is 14.0. The second kappa shape index (κ2) is 9.70. The molecule has 3 N–H and O–H groups in total. The molecule has 2 unspecified atom stereocenters. The summed E-state index contributed by atoms with van der Waals surface area (Å²) in [7, 11) is 1.60. The molecule has 0 bridgehead atoms. The molecule has 0 spiro atoms. The quantitative estimate of drug-likeness (QED) is 0.581. The van der Waals surface area contributed by atoms with Gasteiger partial charge in [-0.25, -0.2) is 9.59 Å². The molecule has 0 fully saturated rings. The molecule has 2 amide bonds. The standard InChI is InChI=1S/C12H24N2O4/c1-4-5-6-10(11(15)16)14-12(17)13-7-9(2)8-18-3/h9-10H,4-8H2,1-3H3,(H,15,16)(H2,13,14,17). The van der Waals surface area contributed by atoms with Crippen molar-refractivity contribution >= 4 is 12.0 Å². The molecule has 2 atom stereocenters. The molecule has 0 radical (unpaired) electrons. The predicted octanol–water partition coefficient (Wildman–Crippen LogP) is 1.21. The number of urea groups is 1. The Bertz CT molecular complexity index is 258. The molecule has 0 aromatic heterocycles. The number of rotatable bonds is 9. The minimum Gasteiger partial charge on any atom is -0.480 e. The highest BCUT2D eigenvalue weighted by molar-refractivity contribution is 5.82. The Morgan fingerprint density at radius 3 is 2.56 bits per heavy atom.